The molecule has 0 aliphatic carbocycles. The quantitative estimate of drug-likeness (QED) is 0.281. The van der Waals surface area contributed by atoms with E-state index in [1.54, 1.807) is 12.4 Å². The van der Waals surface area contributed by atoms with Crippen LogP contribution in [0.2, 0.25) is 0 Å². The number of pyridine rings is 1. The highest BCUT2D eigenvalue weighted by atomic mass is 32.2. The summed E-state index contributed by atoms with van der Waals surface area (Å²) in [5.41, 5.74) is 2.22. The van der Waals surface area contributed by atoms with Gasteiger partial charge in [0.15, 0.2) is 0 Å². The lowest BCUT2D eigenvalue weighted by Crippen LogP contribution is -2.34. The number of aromatic amines is 1. The van der Waals surface area contributed by atoms with E-state index in [9.17, 15) is 14.7 Å². The Balaban J connectivity index is 1.54. The van der Waals surface area contributed by atoms with Crippen LogP contribution < -0.4 is 19.7 Å². The van der Waals surface area contributed by atoms with Crippen molar-refractivity contribution in [3.63, 3.8) is 0 Å². The number of thioether (sulfide) groups is 1. The molecule has 0 fully saturated rings. The van der Waals surface area contributed by atoms with Crippen LogP contribution in [-0.2, 0) is 4.79 Å². The lowest BCUT2D eigenvalue weighted by Gasteiger charge is -2.07. The molecule has 34 heavy (non-hydrogen) atoms. The summed E-state index contributed by atoms with van der Waals surface area (Å²) in [5, 5.41) is 21.7. The maximum atomic E-state index is 12.5. The summed E-state index contributed by atoms with van der Waals surface area (Å²) in [6.45, 7) is 2.50. The number of H-pyrrole nitrogens is 1. The molecule has 0 aliphatic rings. The van der Waals surface area contributed by atoms with Crippen molar-refractivity contribution in [3.8, 4) is 22.8 Å². The lowest BCUT2D eigenvalue weighted by atomic mass is 10.2. The van der Waals surface area contributed by atoms with Crippen molar-refractivity contribution in [1.82, 2.24) is 15.2 Å². The van der Waals surface area contributed by atoms with Crippen LogP contribution in [0.3, 0.4) is 0 Å². The zero-order chi connectivity index (χ0) is 23.9. The molecular weight excluding hydrogens is 454 g/mol. The van der Waals surface area contributed by atoms with Crippen LogP contribution in [0, 0.1) is 0 Å². The monoisotopic (exact) mass is 475 g/mol. The fourth-order valence-corrected chi connectivity index (χ4v) is 3.97. The summed E-state index contributed by atoms with van der Waals surface area (Å²) < 4.78 is 7.46. The predicted molar refractivity (Wildman–Crippen MR) is 125 cm³/mol. The molecule has 2 aromatic carbocycles. The van der Waals surface area contributed by atoms with E-state index in [0.29, 0.717) is 17.5 Å². The molecule has 0 atom stereocenters. The van der Waals surface area contributed by atoms with Crippen LogP contribution in [0.1, 0.15) is 17.3 Å². The van der Waals surface area contributed by atoms with Gasteiger partial charge in [-0.05, 0) is 72.8 Å². The molecule has 0 aliphatic heterocycles. The fourth-order valence-electron chi connectivity index (χ4n) is 3.20. The number of aromatic carboxylic acids is 1. The molecule has 0 spiro atoms. The number of benzene rings is 2. The van der Waals surface area contributed by atoms with Gasteiger partial charge in [-0.25, -0.2) is 0 Å². The molecule has 0 bridgehead atoms. The minimum Gasteiger partial charge on any atom is -0.545 e. The van der Waals surface area contributed by atoms with E-state index in [1.807, 2.05) is 47.9 Å². The van der Waals surface area contributed by atoms with Gasteiger partial charge in [0.25, 0.3) is 5.82 Å². The number of anilines is 1. The molecule has 2 aromatic heterocycles. The molecule has 9 nitrogen and oxygen atoms in total. The average Bonchev–Trinajstić information content (AvgIpc) is 3.28. The summed E-state index contributed by atoms with van der Waals surface area (Å²) >= 11 is 1.26. The summed E-state index contributed by atoms with van der Waals surface area (Å²) in [5.74, 6) is 0.0524. The molecule has 0 saturated heterocycles. The second kappa shape index (κ2) is 10.6. The van der Waals surface area contributed by atoms with E-state index in [1.165, 1.54) is 36.0 Å². The van der Waals surface area contributed by atoms with Crippen LogP contribution in [-0.4, -0.2) is 39.4 Å². The van der Waals surface area contributed by atoms with E-state index in [4.69, 9.17) is 4.74 Å². The number of carboxylic acids is 1. The van der Waals surface area contributed by atoms with Gasteiger partial charge >= 0.3 is 5.16 Å². The number of carbonyl (C=O) groups is 2. The molecule has 10 heteroatoms. The summed E-state index contributed by atoms with van der Waals surface area (Å²) in [6, 6.07) is 17.1. The molecule has 0 saturated carbocycles. The van der Waals surface area contributed by atoms with Gasteiger partial charge in [-0.1, -0.05) is 12.1 Å². The smallest absolute Gasteiger partial charge is 0.342 e. The number of ether oxygens (including phenoxy) is 1. The van der Waals surface area contributed by atoms with Crippen molar-refractivity contribution in [3.05, 3.63) is 78.6 Å². The van der Waals surface area contributed by atoms with E-state index in [-0.39, 0.29) is 17.2 Å². The third kappa shape index (κ3) is 5.41. The predicted octanol–water partition coefficient (Wildman–Crippen LogP) is 2.24. The highest BCUT2D eigenvalue weighted by Gasteiger charge is 2.25. The van der Waals surface area contributed by atoms with E-state index >= 15 is 0 Å². The largest absolute Gasteiger partial charge is 0.545 e. The molecule has 0 radical (unpaired) electrons. The molecular formula is C24H21N5O4S. The second-order valence-corrected chi connectivity index (χ2v) is 8.00. The van der Waals surface area contributed by atoms with Crippen molar-refractivity contribution in [2.24, 2.45) is 0 Å². The van der Waals surface area contributed by atoms with Gasteiger partial charge in [-0.3, -0.25) is 9.78 Å². The Hall–Kier alpha value is -4.18. The van der Waals surface area contributed by atoms with Gasteiger partial charge in [-0.2, -0.15) is 4.57 Å². The third-order valence-corrected chi connectivity index (χ3v) is 5.69. The Morgan fingerprint density at radius 3 is 2.53 bits per heavy atom. The number of aromatic nitrogens is 4. The normalized spacial score (nSPS) is 10.6. The maximum Gasteiger partial charge on any atom is 0.342 e. The molecule has 2 heterocycles. The average molecular weight is 476 g/mol. The Morgan fingerprint density at radius 1 is 1.12 bits per heavy atom. The van der Waals surface area contributed by atoms with Crippen LogP contribution in [0.15, 0.2) is 78.2 Å². The first-order valence-corrected chi connectivity index (χ1v) is 11.4. The van der Waals surface area contributed by atoms with Gasteiger partial charge in [0.05, 0.1) is 29.0 Å². The lowest BCUT2D eigenvalue weighted by molar-refractivity contribution is -0.625. The first-order chi connectivity index (χ1) is 16.5. The van der Waals surface area contributed by atoms with Crippen molar-refractivity contribution < 1.29 is 24.0 Å². The van der Waals surface area contributed by atoms with Crippen LogP contribution >= 0.6 is 11.8 Å². The number of amides is 1. The van der Waals surface area contributed by atoms with Gasteiger partial charge < -0.3 is 20.0 Å². The van der Waals surface area contributed by atoms with E-state index in [0.717, 1.165) is 22.8 Å². The number of rotatable bonds is 9. The highest BCUT2D eigenvalue weighted by Crippen LogP contribution is 2.21. The van der Waals surface area contributed by atoms with Gasteiger partial charge in [0.1, 0.15) is 11.4 Å². The number of carboxylic acid groups (broad SMARTS) is 1. The van der Waals surface area contributed by atoms with Crippen molar-refractivity contribution in [2.45, 2.75) is 12.1 Å². The second-order valence-electron chi connectivity index (χ2n) is 7.06. The van der Waals surface area contributed by atoms with Crippen LogP contribution in [0.25, 0.3) is 17.1 Å². The fraction of sp³-hybridized carbons (Fsp3) is 0.125. The van der Waals surface area contributed by atoms with E-state index < -0.39 is 5.97 Å². The highest BCUT2D eigenvalue weighted by molar-refractivity contribution is 7.99. The Kier molecular flexibility index (Phi) is 7.19. The standard InChI is InChI=1S/C24H21N5O4S/c1-2-33-20-11-9-19(10-12-20)29-22(17-4-3-13-25-14-17)27-28-24(29)34-15-21(30)26-18-7-5-16(6-8-18)23(31)32/h3-14H,2,15H2,1H3,(H2,26,30,31,32). The Morgan fingerprint density at radius 2 is 1.88 bits per heavy atom. The van der Waals surface area contributed by atoms with Crippen LogP contribution in [0.5, 0.6) is 5.75 Å². The molecule has 172 valence electrons. The number of nitrogens with zero attached hydrogens (tertiary/aromatic N) is 3. The Bertz CT molecular complexity index is 1280. The maximum absolute atomic E-state index is 12.5. The minimum absolute atomic E-state index is 0.0447. The first-order valence-electron chi connectivity index (χ1n) is 10.4. The number of hydrogen-bond donors (Lipinski definition) is 2. The van der Waals surface area contributed by atoms with Crippen molar-refractivity contribution in [1.29, 1.82) is 0 Å². The summed E-state index contributed by atoms with van der Waals surface area (Å²) in [7, 11) is 0. The summed E-state index contributed by atoms with van der Waals surface area (Å²) in [6.07, 6.45) is 3.43. The SMILES string of the molecule is CCOc1ccc(-[n+]2c(SCC(=O)Nc3ccc(C(=O)[O-])cc3)n[nH]c2-c2cccnc2)cc1. The molecule has 2 N–H and O–H groups in total. The first kappa shape index (κ1) is 23.0. The number of carbonyl (C=O) groups excluding carboxylic acids is 2. The van der Waals surface area contributed by atoms with Gasteiger partial charge in [0, 0.05) is 18.1 Å². The van der Waals surface area contributed by atoms with Crippen LogP contribution in [0.4, 0.5) is 5.69 Å². The number of hydrogen-bond acceptors (Lipinski definition) is 7. The molecule has 1 amide bonds. The van der Waals surface area contributed by atoms with Crippen molar-refractivity contribution in [2.75, 3.05) is 17.7 Å². The van der Waals surface area contributed by atoms with Crippen molar-refractivity contribution >= 4 is 29.3 Å². The topological polar surface area (TPSA) is 124 Å². The van der Waals surface area contributed by atoms with E-state index in [2.05, 4.69) is 20.5 Å². The molecule has 4 rings (SSSR count). The zero-order valence-corrected chi connectivity index (χ0v) is 19.0. The van der Waals surface area contributed by atoms with Gasteiger partial charge in [0.2, 0.25) is 5.91 Å². The Labute approximate surface area is 199 Å². The third-order valence-electron chi connectivity index (χ3n) is 4.75. The number of nitrogens with one attached hydrogen (secondary N) is 2. The minimum atomic E-state index is -1.27. The zero-order valence-electron chi connectivity index (χ0n) is 18.2. The molecule has 0 unspecified atom stereocenters. The summed E-state index contributed by atoms with van der Waals surface area (Å²) in [4.78, 5) is 27.6. The molecule has 4 aromatic rings. The van der Waals surface area contributed by atoms with Gasteiger partial charge in [-0.15, -0.1) is 5.10 Å².